The quantitative estimate of drug-likeness (QED) is 0.339. The number of hydrazone groups is 1. The van der Waals surface area contributed by atoms with Crippen molar-refractivity contribution in [2.24, 2.45) is 22.6 Å². The molecule has 0 aromatic rings. The summed E-state index contributed by atoms with van der Waals surface area (Å²) in [5.41, 5.74) is 5.12. The van der Waals surface area contributed by atoms with Crippen LogP contribution in [-0.2, 0) is 4.79 Å². The molecule has 15 heavy (non-hydrogen) atoms. The molecular weight excluding hydrogens is 237 g/mol. The highest BCUT2D eigenvalue weighted by Crippen LogP contribution is 2.38. The summed E-state index contributed by atoms with van der Waals surface area (Å²) in [5, 5.41) is 3.84. The molecule has 0 spiro atoms. The molecule has 0 aliphatic heterocycles. The van der Waals surface area contributed by atoms with Gasteiger partial charge in [-0.2, -0.15) is 5.10 Å². The smallest absolute Gasteiger partial charge is 0.218 e. The molecule has 0 heterocycles. The van der Waals surface area contributed by atoms with Crippen molar-refractivity contribution in [3.63, 3.8) is 0 Å². The Labute approximate surface area is 97.6 Å². The van der Waals surface area contributed by atoms with Crippen LogP contribution in [0.25, 0.3) is 0 Å². The standard InChI is InChI=1S/C9H11Cl2N3O/c10-7-2-1-3-9(11,5-14-13)6(7)4-8(12)15/h1-3,5-6H,4,13H2,(H2,12,15)/b14-5-. The lowest BCUT2D eigenvalue weighted by Crippen LogP contribution is -2.36. The molecule has 0 saturated carbocycles. The molecule has 1 rings (SSSR count). The van der Waals surface area contributed by atoms with Gasteiger partial charge in [-0.1, -0.05) is 23.8 Å². The van der Waals surface area contributed by atoms with Crippen LogP contribution in [0.4, 0.5) is 0 Å². The van der Waals surface area contributed by atoms with E-state index in [1.807, 2.05) is 0 Å². The fourth-order valence-electron chi connectivity index (χ4n) is 1.43. The Balaban J connectivity index is 3.00. The van der Waals surface area contributed by atoms with Crippen molar-refractivity contribution in [2.75, 3.05) is 0 Å². The van der Waals surface area contributed by atoms with Gasteiger partial charge < -0.3 is 11.6 Å². The lowest BCUT2D eigenvalue weighted by atomic mass is 9.85. The van der Waals surface area contributed by atoms with Gasteiger partial charge in [0.15, 0.2) is 0 Å². The fraction of sp³-hybridized carbons (Fsp3) is 0.333. The van der Waals surface area contributed by atoms with Crippen LogP contribution >= 0.6 is 23.2 Å². The molecule has 0 aromatic carbocycles. The van der Waals surface area contributed by atoms with E-state index < -0.39 is 16.7 Å². The number of hydrogen-bond acceptors (Lipinski definition) is 3. The first-order valence-corrected chi connectivity index (χ1v) is 5.01. The van der Waals surface area contributed by atoms with Crippen molar-refractivity contribution < 1.29 is 4.79 Å². The average Bonchev–Trinajstić information content (AvgIpc) is 2.12. The summed E-state index contributed by atoms with van der Waals surface area (Å²) in [4.78, 5) is 9.91. The minimum absolute atomic E-state index is 0.0508. The van der Waals surface area contributed by atoms with Gasteiger partial charge in [0.25, 0.3) is 0 Å². The molecule has 1 amide bonds. The Morgan fingerprint density at radius 1 is 1.73 bits per heavy atom. The SMILES string of the molecule is N/N=C\C1(Cl)C=CC=C(Cl)C1CC(N)=O. The lowest BCUT2D eigenvalue weighted by molar-refractivity contribution is -0.118. The number of carbonyl (C=O) groups excluding carboxylic acids is 1. The van der Waals surface area contributed by atoms with Gasteiger partial charge in [0.05, 0.1) is 0 Å². The van der Waals surface area contributed by atoms with E-state index in [2.05, 4.69) is 5.10 Å². The summed E-state index contributed by atoms with van der Waals surface area (Å²) >= 11 is 12.2. The molecule has 2 atom stereocenters. The molecule has 0 fully saturated rings. The highest BCUT2D eigenvalue weighted by Gasteiger charge is 2.37. The zero-order valence-corrected chi connectivity index (χ0v) is 9.37. The van der Waals surface area contributed by atoms with Crippen LogP contribution in [0.3, 0.4) is 0 Å². The third-order valence-corrected chi connectivity index (χ3v) is 3.03. The van der Waals surface area contributed by atoms with Crippen molar-refractivity contribution in [1.82, 2.24) is 0 Å². The number of rotatable bonds is 3. The summed E-state index contributed by atoms with van der Waals surface area (Å²) in [5.74, 6) is 4.16. The number of carbonyl (C=O) groups is 1. The summed E-state index contributed by atoms with van der Waals surface area (Å²) in [6.07, 6.45) is 6.42. The highest BCUT2D eigenvalue weighted by molar-refractivity contribution is 6.37. The summed E-state index contributed by atoms with van der Waals surface area (Å²) in [6, 6.07) is 0. The van der Waals surface area contributed by atoms with Crippen molar-refractivity contribution in [3.8, 4) is 0 Å². The van der Waals surface area contributed by atoms with Gasteiger partial charge in [0.2, 0.25) is 5.91 Å². The van der Waals surface area contributed by atoms with Crippen LogP contribution in [0.1, 0.15) is 6.42 Å². The molecule has 1 aliphatic rings. The molecule has 2 unspecified atom stereocenters. The van der Waals surface area contributed by atoms with Crippen molar-refractivity contribution >= 4 is 35.3 Å². The first kappa shape index (κ1) is 12.1. The van der Waals surface area contributed by atoms with Gasteiger partial charge in [0, 0.05) is 23.6 Å². The van der Waals surface area contributed by atoms with Gasteiger partial charge in [-0.15, -0.1) is 11.6 Å². The number of nitrogens with zero attached hydrogens (tertiary/aromatic N) is 1. The minimum atomic E-state index is -0.977. The maximum atomic E-state index is 10.9. The third-order valence-electron chi connectivity index (χ3n) is 2.15. The fourth-order valence-corrected chi connectivity index (χ4v) is 2.14. The van der Waals surface area contributed by atoms with Gasteiger partial charge in [-0.3, -0.25) is 4.79 Å². The van der Waals surface area contributed by atoms with Crippen molar-refractivity contribution in [1.29, 1.82) is 0 Å². The normalized spacial score (nSPS) is 30.5. The number of hydrogen-bond donors (Lipinski definition) is 2. The Bertz CT molecular complexity index is 351. The maximum Gasteiger partial charge on any atom is 0.218 e. The van der Waals surface area contributed by atoms with Gasteiger partial charge in [0.1, 0.15) is 4.87 Å². The first-order chi connectivity index (χ1) is 6.99. The van der Waals surface area contributed by atoms with Crippen LogP contribution in [0.2, 0.25) is 0 Å². The molecule has 4 nitrogen and oxygen atoms in total. The molecule has 6 heteroatoms. The van der Waals surface area contributed by atoms with Crippen LogP contribution in [-0.4, -0.2) is 17.0 Å². The van der Waals surface area contributed by atoms with Gasteiger partial charge >= 0.3 is 0 Å². The number of nitrogens with two attached hydrogens (primary N) is 2. The molecule has 82 valence electrons. The molecule has 1 aliphatic carbocycles. The average molecular weight is 248 g/mol. The molecule has 0 radical (unpaired) electrons. The predicted octanol–water partition coefficient (Wildman–Crippen LogP) is 1.09. The zero-order valence-electron chi connectivity index (χ0n) is 7.86. The molecule has 0 saturated heterocycles. The van der Waals surface area contributed by atoms with Crippen LogP contribution < -0.4 is 11.6 Å². The number of alkyl halides is 1. The Hall–Kier alpha value is -1.00. The number of allylic oxidation sites excluding steroid dienone is 4. The predicted molar refractivity (Wildman–Crippen MR) is 61.6 cm³/mol. The van der Waals surface area contributed by atoms with E-state index in [1.165, 1.54) is 6.21 Å². The second-order valence-electron chi connectivity index (χ2n) is 3.24. The third kappa shape index (κ3) is 2.73. The number of primary amides is 1. The largest absolute Gasteiger partial charge is 0.370 e. The van der Waals surface area contributed by atoms with Gasteiger partial charge in [-0.05, 0) is 6.08 Å². The molecule has 4 N–H and O–H groups in total. The van der Waals surface area contributed by atoms with E-state index in [0.29, 0.717) is 5.03 Å². The van der Waals surface area contributed by atoms with Gasteiger partial charge in [-0.25, -0.2) is 0 Å². The van der Waals surface area contributed by atoms with E-state index >= 15 is 0 Å². The highest BCUT2D eigenvalue weighted by atomic mass is 35.5. The monoisotopic (exact) mass is 247 g/mol. The molecule has 0 aromatic heterocycles. The zero-order chi connectivity index (χ0) is 11.5. The first-order valence-electron chi connectivity index (χ1n) is 4.26. The van der Waals surface area contributed by atoms with E-state index in [4.69, 9.17) is 34.8 Å². The maximum absolute atomic E-state index is 10.9. The molecular formula is C9H11Cl2N3O. The van der Waals surface area contributed by atoms with Crippen LogP contribution in [0, 0.1) is 5.92 Å². The van der Waals surface area contributed by atoms with E-state index in [9.17, 15) is 4.79 Å². The molecule has 0 bridgehead atoms. The minimum Gasteiger partial charge on any atom is -0.370 e. The summed E-state index contributed by atoms with van der Waals surface area (Å²) < 4.78 is 0. The van der Waals surface area contributed by atoms with E-state index in [1.54, 1.807) is 18.2 Å². The Kier molecular flexibility index (Phi) is 3.77. The lowest BCUT2D eigenvalue weighted by Gasteiger charge is -2.30. The van der Waals surface area contributed by atoms with E-state index in [0.717, 1.165) is 0 Å². The van der Waals surface area contributed by atoms with Crippen LogP contribution in [0.5, 0.6) is 0 Å². The second-order valence-corrected chi connectivity index (χ2v) is 4.33. The van der Waals surface area contributed by atoms with E-state index in [-0.39, 0.29) is 6.42 Å². The topological polar surface area (TPSA) is 81.5 Å². The summed E-state index contributed by atoms with van der Waals surface area (Å²) in [6.45, 7) is 0. The van der Waals surface area contributed by atoms with Crippen molar-refractivity contribution in [3.05, 3.63) is 23.3 Å². The Morgan fingerprint density at radius 3 is 2.93 bits per heavy atom. The Morgan fingerprint density at radius 2 is 2.40 bits per heavy atom. The van der Waals surface area contributed by atoms with Crippen LogP contribution in [0.15, 0.2) is 28.4 Å². The number of amides is 1. The number of halogens is 2. The van der Waals surface area contributed by atoms with Crippen molar-refractivity contribution in [2.45, 2.75) is 11.3 Å². The summed E-state index contributed by atoms with van der Waals surface area (Å²) in [7, 11) is 0. The second kappa shape index (κ2) is 4.68.